The molecule has 3 heterocycles. The summed E-state index contributed by atoms with van der Waals surface area (Å²) in [6.07, 6.45) is 11.8. The van der Waals surface area contributed by atoms with Gasteiger partial charge in [0, 0.05) is 104 Å². The molecule has 0 fully saturated rings. The molecular weight excluding hydrogens is 1130 g/mol. The molecule has 1 N–H and O–H groups in total. The number of benzene rings is 4. The number of anilines is 1. The summed E-state index contributed by atoms with van der Waals surface area (Å²) in [6.45, 7) is 5.83. The summed E-state index contributed by atoms with van der Waals surface area (Å²) in [5, 5.41) is 2.26. The monoisotopic (exact) mass is 1190 g/mol. The van der Waals surface area contributed by atoms with Crippen LogP contribution in [0.5, 0.6) is 0 Å². The smallest absolute Gasteiger partial charge is 0.253 e. The number of ether oxygens (including phenoxy) is 1. The molecule has 4 aromatic carbocycles. The van der Waals surface area contributed by atoms with Crippen LogP contribution in [-0.4, -0.2) is 143 Å². The van der Waals surface area contributed by atoms with E-state index in [0.29, 0.717) is 59.7 Å². The van der Waals surface area contributed by atoms with E-state index in [1.54, 1.807) is 62.1 Å². The molecule has 0 radical (unpaired) electrons. The summed E-state index contributed by atoms with van der Waals surface area (Å²) in [5.41, 5.74) is 0.0154. The molecule has 426 valence electrons. The highest BCUT2D eigenvalue weighted by Crippen LogP contribution is 2.54. The molecule has 3 amide bonds. The van der Waals surface area contributed by atoms with Gasteiger partial charge in [-0.15, -0.1) is 0 Å². The Morgan fingerprint density at radius 3 is 1.80 bits per heavy atom. The minimum absolute atomic E-state index is 0.00194. The van der Waals surface area contributed by atoms with Crippen LogP contribution in [0.1, 0.15) is 76.8 Å². The van der Waals surface area contributed by atoms with Crippen LogP contribution in [0, 0.1) is 0 Å². The molecule has 0 aromatic heterocycles. The number of rotatable bonds is 24. The number of fused-ring (bicyclic) bond motifs is 6. The van der Waals surface area contributed by atoms with E-state index in [4.69, 9.17) is 4.74 Å². The van der Waals surface area contributed by atoms with E-state index in [-0.39, 0.29) is 91.5 Å². The Bertz CT molecular complexity index is 3930. The summed E-state index contributed by atoms with van der Waals surface area (Å²) in [5.74, 6) is -2.09. The Labute approximate surface area is 457 Å². The van der Waals surface area contributed by atoms with Gasteiger partial charge in [0.2, 0.25) is 11.6 Å². The zero-order valence-corrected chi connectivity index (χ0v) is 47.1. The van der Waals surface area contributed by atoms with Crippen molar-refractivity contribution in [2.75, 3.05) is 50.5 Å². The van der Waals surface area contributed by atoms with Crippen LogP contribution >= 0.6 is 0 Å². The van der Waals surface area contributed by atoms with Crippen molar-refractivity contribution in [3.8, 4) is 0 Å². The molecule has 2 atom stereocenters. The van der Waals surface area contributed by atoms with Crippen molar-refractivity contribution in [3.63, 3.8) is 0 Å². The number of allylic oxidation sites excluding steroid dienone is 6. The van der Waals surface area contributed by atoms with E-state index in [0.717, 1.165) is 29.2 Å². The number of methoxy groups -OCH3 is 1. The number of hydrogen-bond acceptors (Lipinski definition) is 20. The van der Waals surface area contributed by atoms with Crippen molar-refractivity contribution in [1.29, 1.82) is 0 Å². The highest BCUT2D eigenvalue weighted by atomic mass is 32.2. The van der Waals surface area contributed by atoms with Gasteiger partial charge < -0.3 is 37.7 Å². The first-order chi connectivity index (χ1) is 36.8. The Hall–Kier alpha value is -6.05. The Morgan fingerprint density at radius 2 is 1.25 bits per heavy atom. The number of nitrogens with one attached hydrogen (secondary N) is 1. The molecule has 2 unspecified atom stereocenters. The van der Waals surface area contributed by atoms with E-state index < -0.39 is 98.6 Å². The fourth-order valence-corrected chi connectivity index (χ4v) is 14.0. The van der Waals surface area contributed by atoms with Gasteiger partial charge in [0.25, 0.3) is 11.8 Å². The molecule has 7 rings (SSSR count). The fourth-order valence-electron chi connectivity index (χ4n) is 10.8. The second-order valence-corrected chi connectivity index (χ2v) is 26.4. The van der Waals surface area contributed by atoms with E-state index in [1.165, 1.54) is 25.3 Å². The third-order valence-electron chi connectivity index (χ3n) is 14.4. The van der Waals surface area contributed by atoms with Gasteiger partial charge in [-0.3, -0.25) is 19.3 Å². The molecule has 79 heavy (non-hydrogen) atoms. The van der Waals surface area contributed by atoms with Gasteiger partial charge in [0.1, 0.15) is 47.0 Å². The lowest BCUT2D eigenvalue weighted by Gasteiger charge is -2.30. The fraction of sp³-hybridized carbons (Fsp3) is 0.373. The zero-order chi connectivity index (χ0) is 58.3. The Balaban J connectivity index is 1.31. The number of likely N-dealkylation sites (N-methyl/N-ethyl adjacent to an activating group) is 1. The average molecular weight is 1190 g/mol. The van der Waals surface area contributed by atoms with E-state index in [9.17, 15) is 79.2 Å². The average Bonchev–Trinajstić information content (AvgIpc) is 4.14. The lowest BCUT2D eigenvalue weighted by atomic mass is 9.75. The minimum atomic E-state index is -5.38. The second kappa shape index (κ2) is 22.8. The van der Waals surface area contributed by atoms with Gasteiger partial charge in [0.05, 0.1) is 35.1 Å². The normalized spacial score (nSPS) is 19.6. The molecule has 0 aliphatic carbocycles. The molecule has 0 saturated carbocycles. The highest BCUT2D eigenvalue weighted by Gasteiger charge is 2.49. The summed E-state index contributed by atoms with van der Waals surface area (Å²) < 4.78 is 194. The first-order valence-corrected chi connectivity index (χ1v) is 31.7. The molecule has 0 spiro atoms. The van der Waals surface area contributed by atoms with Gasteiger partial charge >= 0.3 is 0 Å². The van der Waals surface area contributed by atoms with Crippen LogP contribution in [0.15, 0.2) is 116 Å². The maximum atomic E-state index is 12.7. The predicted octanol–water partition coefficient (Wildman–Crippen LogP) is 3.72. The molecule has 23 nitrogen and oxygen atoms in total. The zero-order valence-electron chi connectivity index (χ0n) is 43.0. The van der Waals surface area contributed by atoms with Crippen LogP contribution in [0.4, 0.5) is 11.4 Å². The largest absolute Gasteiger partial charge is 0.748 e. The molecule has 4 aromatic rings. The quantitative estimate of drug-likeness (QED) is 0.0343. The molecule has 0 saturated heterocycles. The molecule has 0 bridgehead atoms. The Kier molecular flexibility index (Phi) is 17.5. The SMILES string of the molecule is CCN1C(=CC=CC=CC2=[N+](CCCCCC(=O)NCCN3C(=O)C=CC3=O)c3ccc4c(S(=O)(=O)[O-])cc(S(=O)(=O)[O-])cc4c3C2(C)CCOC)C(C)(CCCS(=O)(=O)[O-])c2c1ccc1c(S(=O)(=O)[O-])cc(S(=O)(=O)[O-])cc21. The van der Waals surface area contributed by atoms with Crippen LogP contribution in [-0.2, 0) is 80.5 Å². The van der Waals surface area contributed by atoms with Crippen LogP contribution in [0.3, 0.4) is 0 Å². The van der Waals surface area contributed by atoms with Crippen molar-refractivity contribution >= 4 is 107 Å². The van der Waals surface area contributed by atoms with E-state index >= 15 is 0 Å². The van der Waals surface area contributed by atoms with Crippen molar-refractivity contribution in [2.45, 2.75) is 96.1 Å². The lowest BCUT2D eigenvalue weighted by molar-refractivity contribution is -0.438. The van der Waals surface area contributed by atoms with Gasteiger partial charge in [-0.25, -0.2) is 42.1 Å². The number of nitrogens with zero attached hydrogens (tertiary/aromatic N) is 3. The molecule has 3 aliphatic rings. The summed E-state index contributed by atoms with van der Waals surface area (Å²) in [4.78, 5) is 35.4. The first-order valence-electron chi connectivity index (χ1n) is 24.5. The summed E-state index contributed by atoms with van der Waals surface area (Å²) in [6, 6.07) is 8.73. The highest BCUT2D eigenvalue weighted by molar-refractivity contribution is 7.87. The number of carbonyl (C=O) groups excluding carboxylic acids is 3. The topological polar surface area (TPSA) is 368 Å². The van der Waals surface area contributed by atoms with Crippen LogP contribution in [0.25, 0.3) is 21.5 Å². The number of imide groups is 1. The predicted molar refractivity (Wildman–Crippen MR) is 281 cm³/mol. The number of hydrogen-bond donors (Lipinski definition) is 1. The third kappa shape index (κ3) is 12.8. The van der Waals surface area contributed by atoms with E-state index in [1.807, 2.05) is 4.58 Å². The lowest BCUT2D eigenvalue weighted by Crippen LogP contribution is -2.38. The first kappa shape index (κ1) is 60.6. The maximum absolute atomic E-state index is 12.7. The summed E-state index contributed by atoms with van der Waals surface area (Å²) in [7, 11) is -24.7. The number of carbonyl (C=O) groups is 3. The second-order valence-electron chi connectivity index (χ2n) is 19.4. The van der Waals surface area contributed by atoms with Gasteiger partial charge in [0.15, 0.2) is 5.71 Å². The van der Waals surface area contributed by atoms with Crippen molar-refractivity contribution < 1.29 is 88.5 Å². The molecule has 3 aliphatic heterocycles. The maximum Gasteiger partial charge on any atom is 0.253 e. The Morgan fingerprint density at radius 1 is 0.671 bits per heavy atom. The molecule has 28 heteroatoms. The number of amides is 3. The van der Waals surface area contributed by atoms with Crippen molar-refractivity contribution in [3.05, 3.63) is 108 Å². The minimum Gasteiger partial charge on any atom is -0.748 e. The number of unbranched alkanes of at least 4 members (excludes halogenated alkanes) is 2. The van der Waals surface area contributed by atoms with Gasteiger partial charge in [-0.05, 0) is 117 Å². The van der Waals surface area contributed by atoms with Crippen molar-refractivity contribution in [1.82, 2.24) is 10.2 Å². The standard InChI is InChI=1S/C51H58N4O19S5/c1-5-53-39-18-16-35-37(29-33(76(62,63)64)31-41(35)78(68,69)70)48(39)50(2,22-12-28-75(59,60)61)43(53)13-8-6-9-14-44-51(3,23-27-74-4)49-38-30-34(77(65,66)67)32-42(79(71,72)73)36(38)17-19-40(49)54(44)25-11-7-10-15-45(56)52-24-26-55-46(57)20-21-47(55)58/h6,8-9,13-14,16-21,29-32H,5,7,10-12,15,22-28H2,1-4H3,(H5-,52,56,59,60,61,62,63,64,65,66,67,68,69,70,71,72,73)/p-4. The van der Waals surface area contributed by atoms with Gasteiger partial charge in [-0.2, -0.15) is 4.58 Å². The van der Waals surface area contributed by atoms with Crippen molar-refractivity contribution in [2.24, 2.45) is 0 Å². The summed E-state index contributed by atoms with van der Waals surface area (Å²) >= 11 is 0. The van der Waals surface area contributed by atoms with Crippen LogP contribution < -0.4 is 10.2 Å². The van der Waals surface area contributed by atoms with Gasteiger partial charge in [-0.1, -0.05) is 24.3 Å². The third-order valence-corrected chi connectivity index (χ3v) is 18.5. The molecular formula is C51H54N4O19S5-4. The van der Waals surface area contributed by atoms with Crippen LogP contribution in [0.2, 0.25) is 0 Å². The van der Waals surface area contributed by atoms with E-state index in [2.05, 4.69) is 5.32 Å².